The molecule has 0 saturated carbocycles. The lowest BCUT2D eigenvalue weighted by Crippen LogP contribution is -2.33. The molecule has 23 heavy (non-hydrogen) atoms. The molecule has 0 radical (unpaired) electrons. The van der Waals surface area contributed by atoms with Crippen LogP contribution in [0, 0.1) is 5.92 Å². The van der Waals surface area contributed by atoms with E-state index >= 15 is 0 Å². The third-order valence-corrected chi connectivity index (χ3v) is 5.12. The maximum Gasteiger partial charge on any atom is 0.224 e. The average molecular weight is 351 g/mol. The predicted molar refractivity (Wildman–Crippen MR) is 101 cm³/mol. The maximum absolute atomic E-state index is 11.9. The topological polar surface area (TPSA) is 41.1 Å². The summed E-state index contributed by atoms with van der Waals surface area (Å²) in [5, 5.41) is 8.90. The molecule has 0 spiro atoms. The monoisotopic (exact) mass is 350 g/mol. The number of carbonyl (C=O) groups is 1. The van der Waals surface area contributed by atoms with E-state index in [1.807, 2.05) is 11.8 Å². The number of benzene rings is 2. The van der Waals surface area contributed by atoms with Crippen molar-refractivity contribution < 1.29 is 4.79 Å². The van der Waals surface area contributed by atoms with Crippen molar-refractivity contribution >= 4 is 40.8 Å². The summed E-state index contributed by atoms with van der Waals surface area (Å²) in [7, 11) is 0. The lowest BCUT2D eigenvalue weighted by atomic mass is 10.1. The van der Waals surface area contributed by atoms with E-state index < -0.39 is 0 Å². The summed E-state index contributed by atoms with van der Waals surface area (Å²) in [5.41, 5.74) is 1.37. The molecule has 3 rings (SSSR count). The zero-order valence-electron chi connectivity index (χ0n) is 13.1. The van der Waals surface area contributed by atoms with Crippen molar-refractivity contribution in [2.24, 2.45) is 5.92 Å². The van der Waals surface area contributed by atoms with E-state index in [0.717, 1.165) is 37.6 Å². The van der Waals surface area contributed by atoms with Gasteiger partial charge in [0, 0.05) is 24.6 Å². The second-order valence-electron chi connectivity index (χ2n) is 5.67. The second-order valence-corrected chi connectivity index (χ2v) is 6.78. The summed E-state index contributed by atoms with van der Waals surface area (Å²) in [6, 6.07) is 15.0. The maximum atomic E-state index is 11.9. The van der Waals surface area contributed by atoms with E-state index in [-0.39, 0.29) is 24.2 Å². The molecule has 5 heteroatoms. The summed E-state index contributed by atoms with van der Waals surface area (Å²) < 4.78 is 0. The Morgan fingerprint density at radius 1 is 1.22 bits per heavy atom. The van der Waals surface area contributed by atoms with Crippen LogP contribution in [0.5, 0.6) is 0 Å². The summed E-state index contributed by atoms with van der Waals surface area (Å²) in [5.74, 6) is 2.32. The summed E-state index contributed by atoms with van der Waals surface area (Å²) in [6.45, 7) is 2.55. The summed E-state index contributed by atoms with van der Waals surface area (Å²) in [4.78, 5) is 11.9. The smallest absolute Gasteiger partial charge is 0.224 e. The van der Waals surface area contributed by atoms with Gasteiger partial charge in [-0.1, -0.05) is 42.5 Å². The number of nitrogens with one attached hydrogen (secondary N) is 2. The van der Waals surface area contributed by atoms with Crippen molar-refractivity contribution in [2.75, 3.05) is 25.4 Å². The number of halogens is 1. The van der Waals surface area contributed by atoms with E-state index in [0.29, 0.717) is 0 Å². The predicted octanol–water partition coefficient (Wildman–Crippen LogP) is 3.22. The molecule has 0 bridgehead atoms. The Kier molecular flexibility index (Phi) is 7.21. The number of hydrogen-bond donors (Lipinski definition) is 2. The molecule has 0 aliphatic carbocycles. The van der Waals surface area contributed by atoms with E-state index in [4.69, 9.17) is 0 Å². The van der Waals surface area contributed by atoms with Gasteiger partial charge in [-0.2, -0.15) is 11.8 Å². The molecule has 1 atom stereocenters. The van der Waals surface area contributed by atoms with Gasteiger partial charge in [0.25, 0.3) is 0 Å². The highest BCUT2D eigenvalue weighted by Gasteiger charge is 2.21. The van der Waals surface area contributed by atoms with Crippen LogP contribution in [0.2, 0.25) is 0 Å². The Morgan fingerprint density at radius 3 is 2.87 bits per heavy atom. The fourth-order valence-corrected chi connectivity index (χ4v) is 3.73. The Hall–Kier alpha value is -1.23. The molecule has 3 nitrogen and oxygen atoms in total. The van der Waals surface area contributed by atoms with Gasteiger partial charge in [-0.25, -0.2) is 0 Å². The Morgan fingerprint density at radius 2 is 2.04 bits per heavy atom. The minimum atomic E-state index is 0. The highest BCUT2D eigenvalue weighted by molar-refractivity contribution is 7.98. The van der Waals surface area contributed by atoms with Crippen LogP contribution in [-0.4, -0.2) is 31.3 Å². The molecule has 2 aromatic rings. The number of carbonyl (C=O) groups excluding carboxylic acids is 1. The van der Waals surface area contributed by atoms with Crippen LogP contribution in [0.3, 0.4) is 0 Å². The van der Waals surface area contributed by atoms with Crippen LogP contribution in [0.25, 0.3) is 10.8 Å². The van der Waals surface area contributed by atoms with Gasteiger partial charge < -0.3 is 10.6 Å². The van der Waals surface area contributed by atoms with Gasteiger partial charge >= 0.3 is 0 Å². The SMILES string of the molecule is Cl.O=C(NCCSCc1cccc2ccccc12)C1CCNC1. The van der Waals surface area contributed by atoms with Gasteiger partial charge in [-0.3, -0.25) is 4.79 Å². The first-order chi connectivity index (χ1) is 10.8. The van der Waals surface area contributed by atoms with Crippen molar-refractivity contribution in [3.63, 3.8) is 0 Å². The number of hydrogen-bond acceptors (Lipinski definition) is 3. The standard InChI is InChI=1S/C18H22N2OS.ClH/c21-18(15-8-9-19-12-15)20-10-11-22-13-16-6-3-5-14-4-1-2-7-17(14)16;/h1-7,15,19H,8-13H2,(H,20,21);1H. The van der Waals surface area contributed by atoms with Crippen LogP contribution in [0.4, 0.5) is 0 Å². The molecular formula is C18H23ClN2OS. The molecule has 1 aliphatic heterocycles. The van der Waals surface area contributed by atoms with E-state index in [9.17, 15) is 4.79 Å². The lowest BCUT2D eigenvalue weighted by molar-refractivity contribution is -0.124. The van der Waals surface area contributed by atoms with Crippen LogP contribution in [-0.2, 0) is 10.5 Å². The molecule has 1 saturated heterocycles. The number of thioether (sulfide) groups is 1. The first-order valence-corrected chi connectivity index (χ1v) is 9.03. The Bertz CT molecular complexity index is 638. The van der Waals surface area contributed by atoms with Crippen molar-refractivity contribution in [2.45, 2.75) is 12.2 Å². The van der Waals surface area contributed by atoms with Crippen LogP contribution >= 0.6 is 24.2 Å². The quantitative estimate of drug-likeness (QED) is 0.786. The average Bonchev–Trinajstić information content (AvgIpc) is 3.09. The molecule has 1 unspecified atom stereocenters. The Balaban J connectivity index is 0.00000192. The van der Waals surface area contributed by atoms with Gasteiger partial charge in [-0.15, -0.1) is 12.4 Å². The van der Waals surface area contributed by atoms with Crippen LogP contribution < -0.4 is 10.6 Å². The highest BCUT2D eigenvalue weighted by Crippen LogP contribution is 2.22. The third-order valence-electron chi connectivity index (χ3n) is 4.11. The normalized spacial score (nSPS) is 17.0. The number of amides is 1. The third kappa shape index (κ3) is 4.87. The van der Waals surface area contributed by atoms with Gasteiger partial charge in [0.1, 0.15) is 0 Å². The molecule has 1 heterocycles. The van der Waals surface area contributed by atoms with Gasteiger partial charge in [0.05, 0.1) is 5.92 Å². The van der Waals surface area contributed by atoms with E-state index in [1.54, 1.807) is 0 Å². The van der Waals surface area contributed by atoms with E-state index in [1.165, 1.54) is 16.3 Å². The molecule has 124 valence electrons. The van der Waals surface area contributed by atoms with Gasteiger partial charge in [0.2, 0.25) is 5.91 Å². The first kappa shape index (κ1) is 18.1. The van der Waals surface area contributed by atoms with Crippen molar-refractivity contribution in [1.82, 2.24) is 10.6 Å². The largest absolute Gasteiger partial charge is 0.355 e. The fourth-order valence-electron chi connectivity index (χ4n) is 2.87. The molecule has 1 aliphatic rings. The molecule has 2 N–H and O–H groups in total. The minimum absolute atomic E-state index is 0. The molecular weight excluding hydrogens is 328 g/mol. The second kappa shape index (κ2) is 9.16. The zero-order chi connectivity index (χ0) is 15.2. The zero-order valence-corrected chi connectivity index (χ0v) is 14.7. The van der Waals surface area contributed by atoms with Crippen molar-refractivity contribution in [3.05, 3.63) is 48.0 Å². The van der Waals surface area contributed by atoms with Crippen molar-refractivity contribution in [1.29, 1.82) is 0 Å². The summed E-state index contributed by atoms with van der Waals surface area (Å²) >= 11 is 1.88. The van der Waals surface area contributed by atoms with E-state index in [2.05, 4.69) is 53.1 Å². The summed E-state index contributed by atoms with van der Waals surface area (Å²) in [6.07, 6.45) is 0.967. The molecule has 1 fully saturated rings. The first-order valence-electron chi connectivity index (χ1n) is 7.87. The van der Waals surface area contributed by atoms with Crippen molar-refractivity contribution in [3.8, 4) is 0 Å². The van der Waals surface area contributed by atoms with Crippen LogP contribution in [0.15, 0.2) is 42.5 Å². The molecule has 1 amide bonds. The lowest BCUT2D eigenvalue weighted by Gasteiger charge is -2.10. The Labute approximate surface area is 148 Å². The molecule has 0 aromatic heterocycles. The number of fused-ring (bicyclic) bond motifs is 1. The molecule has 2 aromatic carbocycles. The number of rotatable bonds is 6. The van der Waals surface area contributed by atoms with Gasteiger partial charge in [0.15, 0.2) is 0 Å². The van der Waals surface area contributed by atoms with Crippen LogP contribution in [0.1, 0.15) is 12.0 Å². The fraction of sp³-hybridized carbons (Fsp3) is 0.389. The van der Waals surface area contributed by atoms with Gasteiger partial charge in [-0.05, 0) is 29.3 Å². The minimum Gasteiger partial charge on any atom is -0.355 e. The highest BCUT2D eigenvalue weighted by atomic mass is 35.5.